The van der Waals surface area contributed by atoms with Crippen LogP contribution in [0.25, 0.3) is 0 Å². The summed E-state index contributed by atoms with van der Waals surface area (Å²) in [6, 6.07) is 10.0. The number of alkyl halides is 3. The maximum absolute atomic E-state index is 12.9. The first-order valence-corrected chi connectivity index (χ1v) is 8.05. The standard InChI is InChI=1S/C15H10Cl2F3NOS/c16-9-2-1-3-11(6-9)23-8-14(22)21-13-5-4-10(17)7-12(13)15(18,19)20/h1-7H,8H2,(H,21,22). The summed E-state index contributed by atoms with van der Waals surface area (Å²) in [6.07, 6.45) is -4.60. The lowest BCUT2D eigenvalue weighted by molar-refractivity contribution is -0.137. The molecule has 0 atom stereocenters. The van der Waals surface area contributed by atoms with Gasteiger partial charge in [-0.15, -0.1) is 11.8 Å². The van der Waals surface area contributed by atoms with Crippen LogP contribution in [-0.2, 0) is 11.0 Å². The molecule has 0 spiro atoms. The largest absolute Gasteiger partial charge is 0.418 e. The number of hydrogen-bond acceptors (Lipinski definition) is 2. The Kier molecular flexibility index (Phi) is 5.84. The van der Waals surface area contributed by atoms with E-state index in [0.29, 0.717) is 5.02 Å². The number of anilines is 1. The highest BCUT2D eigenvalue weighted by Crippen LogP contribution is 2.36. The molecule has 23 heavy (non-hydrogen) atoms. The molecule has 2 nitrogen and oxygen atoms in total. The van der Waals surface area contributed by atoms with Gasteiger partial charge in [0.2, 0.25) is 5.91 Å². The zero-order valence-corrected chi connectivity index (χ0v) is 13.8. The molecule has 1 amide bonds. The molecular weight excluding hydrogens is 370 g/mol. The second kappa shape index (κ2) is 7.47. The van der Waals surface area contributed by atoms with Gasteiger partial charge in [0.05, 0.1) is 17.0 Å². The molecule has 0 unspecified atom stereocenters. The number of rotatable bonds is 4. The Morgan fingerprint density at radius 2 is 1.78 bits per heavy atom. The zero-order valence-electron chi connectivity index (χ0n) is 11.5. The molecule has 122 valence electrons. The van der Waals surface area contributed by atoms with E-state index in [1.165, 1.54) is 17.8 Å². The van der Waals surface area contributed by atoms with Crippen LogP contribution in [0.2, 0.25) is 10.0 Å². The van der Waals surface area contributed by atoms with Crippen LogP contribution in [0, 0.1) is 0 Å². The van der Waals surface area contributed by atoms with E-state index < -0.39 is 17.6 Å². The predicted octanol–water partition coefficient (Wildman–Crippen LogP) is 5.74. The molecule has 0 aliphatic rings. The fraction of sp³-hybridized carbons (Fsp3) is 0.133. The van der Waals surface area contributed by atoms with Crippen LogP contribution >= 0.6 is 35.0 Å². The normalized spacial score (nSPS) is 11.3. The van der Waals surface area contributed by atoms with Gasteiger partial charge in [0.25, 0.3) is 0 Å². The van der Waals surface area contributed by atoms with Crippen molar-refractivity contribution < 1.29 is 18.0 Å². The van der Waals surface area contributed by atoms with Gasteiger partial charge in [-0.25, -0.2) is 0 Å². The first-order valence-electron chi connectivity index (χ1n) is 6.30. The number of nitrogens with one attached hydrogen (secondary N) is 1. The Morgan fingerprint density at radius 3 is 2.43 bits per heavy atom. The molecule has 0 heterocycles. The first kappa shape index (κ1) is 18.0. The summed E-state index contributed by atoms with van der Waals surface area (Å²) >= 11 is 12.6. The quantitative estimate of drug-likeness (QED) is 0.685. The molecule has 8 heteroatoms. The summed E-state index contributed by atoms with van der Waals surface area (Å²) in [6.45, 7) is 0. The third-order valence-electron chi connectivity index (χ3n) is 2.73. The number of carbonyl (C=O) groups excluding carboxylic acids is 1. The van der Waals surface area contributed by atoms with Crippen LogP contribution in [0.4, 0.5) is 18.9 Å². The topological polar surface area (TPSA) is 29.1 Å². The van der Waals surface area contributed by atoms with E-state index in [1.807, 2.05) is 0 Å². The highest BCUT2D eigenvalue weighted by molar-refractivity contribution is 8.00. The molecular formula is C15H10Cl2F3NOS. The highest BCUT2D eigenvalue weighted by Gasteiger charge is 2.34. The van der Waals surface area contributed by atoms with Gasteiger partial charge in [0.1, 0.15) is 0 Å². The summed E-state index contributed by atoms with van der Waals surface area (Å²) in [5.41, 5.74) is -1.30. The summed E-state index contributed by atoms with van der Waals surface area (Å²) in [7, 11) is 0. The first-order chi connectivity index (χ1) is 10.8. The van der Waals surface area contributed by atoms with Gasteiger partial charge in [-0.05, 0) is 36.4 Å². The Hall–Kier alpha value is -1.37. The van der Waals surface area contributed by atoms with Crippen LogP contribution in [-0.4, -0.2) is 11.7 Å². The average molecular weight is 380 g/mol. The number of carbonyl (C=O) groups is 1. The molecule has 1 N–H and O–H groups in total. The van der Waals surface area contributed by atoms with Crippen LogP contribution in [0.3, 0.4) is 0 Å². The maximum atomic E-state index is 12.9. The molecule has 0 bridgehead atoms. The lowest BCUT2D eigenvalue weighted by Gasteiger charge is -2.14. The van der Waals surface area contributed by atoms with Crippen molar-refractivity contribution in [3.05, 3.63) is 58.1 Å². The van der Waals surface area contributed by atoms with Crippen molar-refractivity contribution in [2.45, 2.75) is 11.1 Å². The Balaban J connectivity index is 2.06. The highest BCUT2D eigenvalue weighted by atomic mass is 35.5. The predicted molar refractivity (Wildman–Crippen MR) is 87.3 cm³/mol. The van der Waals surface area contributed by atoms with Crippen molar-refractivity contribution in [1.29, 1.82) is 0 Å². The van der Waals surface area contributed by atoms with E-state index in [1.54, 1.807) is 24.3 Å². The van der Waals surface area contributed by atoms with Crippen LogP contribution in [0.1, 0.15) is 5.56 Å². The van der Waals surface area contributed by atoms with Gasteiger partial charge in [-0.3, -0.25) is 4.79 Å². The third-order valence-corrected chi connectivity index (χ3v) is 4.19. The smallest absolute Gasteiger partial charge is 0.325 e. The Bertz CT molecular complexity index is 722. The van der Waals surface area contributed by atoms with E-state index in [2.05, 4.69) is 5.32 Å². The van der Waals surface area contributed by atoms with E-state index in [-0.39, 0.29) is 16.5 Å². The molecule has 2 aromatic carbocycles. The Morgan fingerprint density at radius 1 is 1.09 bits per heavy atom. The van der Waals surface area contributed by atoms with Crippen LogP contribution in [0.15, 0.2) is 47.4 Å². The molecule has 2 aromatic rings. The van der Waals surface area contributed by atoms with Gasteiger partial charge in [0.15, 0.2) is 0 Å². The molecule has 0 aliphatic carbocycles. The summed E-state index contributed by atoms with van der Waals surface area (Å²) in [5.74, 6) is -0.594. The van der Waals surface area contributed by atoms with Crippen molar-refractivity contribution in [2.24, 2.45) is 0 Å². The monoisotopic (exact) mass is 379 g/mol. The summed E-state index contributed by atoms with van der Waals surface area (Å²) in [5, 5.41) is 2.73. The molecule has 0 aromatic heterocycles. The Labute approximate surface area is 145 Å². The lowest BCUT2D eigenvalue weighted by Crippen LogP contribution is -2.18. The second-order valence-corrected chi connectivity index (χ2v) is 6.40. The number of amides is 1. The van der Waals surface area contributed by atoms with Crippen molar-refractivity contribution in [2.75, 3.05) is 11.1 Å². The van der Waals surface area contributed by atoms with E-state index in [9.17, 15) is 18.0 Å². The minimum atomic E-state index is -4.60. The number of halogens is 5. The number of hydrogen-bond donors (Lipinski definition) is 1. The fourth-order valence-electron chi connectivity index (χ4n) is 1.75. The number of benzene rings is 2. The molecule has 0 radical (unpaired) electrons. The summed E-state index contributed by atoms with van der Waals surface area (Å²) < 4.78 is 38.8. The lowest BCUT2D eigenvalue weighted by atomic mass is 10.1. The summed E-state index contributed by atoms with van der Waals surface area (Å²) in [4.78, 5) is 12.6. The minimum absolute atomic E-state index is 0.0414. The van der Waals surface area contributed by atoms with Crippen molar-refractivity contribution >= 4 is 46.6 Å². The van der Waals surface area contributed by atoms with Gasteiger partial charge in [-0.2, -0.15) is 13.2 Å². The SMILES string of the molecule is O=C(CSc1cccc(Cl)c1)Nc1ccc(Cl)cc1C(F)(F)F. The second-order valence-electron chi connectivity index (χ2n) is 4.48. The van der Waals surface area contributed by atoms with E-state index in [4.69, 9.17) is 23.2 Å². The van der Waals surface area contributed by atoms with Crippen molar-refractivity contribution in [3.8, 4) is 0 Å². The minimum Gasteiger partial charge on any atom is -0.325 e. The maximum Gasteiger partial charge on any atom is 0.418 e. The zero-order chi connectivity index (χ0) is 17.0. The van der Waals surface area contributed by atoms with Gasteiger partial charge in [0, 0.05) is 14.9 Å². The van der Waals surface area contributed by atoms with Gasteiger partial charge < -0.3 is 5.32 Å². The molecule has 0 aliphatic heterocycles. The molecule has 0 saturated heterocycles. The fourth-order valence-corrected chi connectivity index (χ4v) is 2.93. The molecule has 0 saturated carbocycles. The number of thioether (sulfide) groups is 1. The molecule has 0 fully saturated rings. The van der Waals surface area contributed by atoms with E-state index >= 15 is 0 Å². The third kappa shape index (κ3) is 5.34. The van der Waals surface area contributed by atoms with Crippen molar-refractivity contribution in [1.82, 2.24) is 0 Å². The average Bonchev–Trinajstić information content (AvgIpc) is 2.46. The molecule has 2 rings (SSSR count). The van der Waals surface area contributed by atoms with Crippen molar-refractivity contribution in [3.63, 3.8) is 0 Å². The van der Waals surface area contributed by atoms with E-state index in [0.717, 1.165) is 17.0 Å². The van der Waals surface area contributed by atoms with Gasteiger partial charge in [-0.1, -0.05) is 29.3 Å². The van der Waals surface area contributed by atoms with Crippen LogP contribution in [0.5, 0.6) is 0 Å². The van der Waals surface area contributed by atoms with Gasteiger partial charge >= 0.3 is 6.18 Å². The van der Waals surface area contributed by atoms with Crippen LogP contribution < -0.4 is 5.32 Å².